The number of aromatic nitrogens is 1. The molecule has 1 heterocycles. The largest absolute Gasteiger partial charge is 0.310 e. The number of hydrogen-bond donors (Lipinski definition) is 0. The van der Waals surface area contributed by atoms with Crippen molar-refractivity contribution in [3.05, 3.63) is 277 Å². The van der Waals surface area contributed by atoms with Crippen LogP contribution in [-0.2, 0) is 5.41 Å². The first-order chi connectivity index (χ1) is 33.2. The zero-order valence-electron chi connectivity index (χ0n) is 36.6. The molecule has 2 nitrogen and oxygen atoms in total. The molecule has 67 heavy (non-hydrogen) atoms. The highest BCUT2D eigenvalue weighted by molar-refractivity contribution is 6.10. The minimum absolute atomic E-state index is 0.433. The van der Waals surface area contributed by atoms with Crippen LogP contribution in [-0.4, -0.2) is 4.57 Å². The molecule has 2 aliphatic carbocycles. The molecule has 0 fully saturated rings. The average Bonchev–Trinajstić information content (AvgIpc) is 4.00. The molecule has 312 valence electrons. The Morgan fingerprint density at radius 1 is 0.284 bits per heavy atom. The molecule has 11 aromatic carbocycles. The topological polar surface area (TPSA) is 8.17 Å². The summed E-state index contributed by atoms with van der Waals surface area (Å²) in [6.45, 7) is 0. The van der Waals surface area contributed by atoms with Gasteiger partial charge in [0.1, 0.15) is 0 Å². The van der Waals surface area contributed by atoms with Crippen LogP contribution in [0.3, 0.4) is 0 Å². The molecule has 0 N–H and O–H groups in total. The minimum Gasteiger partial charge on any atom is -0.310 e. The molecule has 0 aliphatic heterocycles. The van der Waals surface area contributed by atoms with Crippen LogP contribution in [0.4, 0.5) is 17.1 Å². The number of fused-ring (bicyclic) bond motifs is 14. The van der Waals surface area contributed by atoms with Crippen LogP contribution in [0.1, 0.15) is 22.3 Å². The van der Waals surface area contributed by atoms with E-state index in [1.807, 2.05) is 0 Å². The van der Waals surface area contributed by atoms with Crippen molar-refractivity contribution < 1.29 is 0 Å². The van der Waals surface area contributed by atoms with Crippen LogP contribution in [0.5, 0.6) is 0 Å². The number of benzene rings is 11. The number of anilines is 3. The molecule has 12 aromatic rings. The lowest BCUT2D eigenvalue weighted by atomic mass is 9.70. The fourth-order valence-corrected chi connectivity index (χ4v) is 11.7. The Morgan fingerprint density at radius 2 is 0.806 bits per heavy atom. The maximum Gasteiger partial charge on any atom is 0.0726 e. The van der Waals surface area contributed by atoms with E-state index in [0.717, 1.165) is 17.1 Å². The molecule has 0 bridgehead atoms. The maximum absolute atomic E-state index is 2.49. The quantitative estimate of drug-likeness (QED) is 0.162. The fourth-order valence-electron chi connectivity index (χ4n) is 11.7. The van der Waals surface area contributed by atoms with Crippen LogP contribution in [0.25, 0.3) is 82.8 Å². The zero-order valence-corrected chi connectivity index (χ0v) is 36.6. The predicted octanol–water partition coefficient (Wildman–Crippen LogP) is 17.1. The first kappa shape index (κ1) is 37.6. The van der Waals surface area contributed by atoms with E-state index in [2.05, 4.69) is 264 Å². The van der Waals surface area contributed by atoms with E-state index in [1.54, 1.807) is 0 Å². The predicted molar refractivity (Wildman–Crippen MR) is 280 cm³/mol. The molecule has 0 amide bonds. The van der Waals surface area contributed by atoms with E-state index in [4.69, 9.17) is 0 Å². The minimum atomic E-state index is -0.433. The Morgan fingerprint density at radius 3 is 1.52 bits per heavy atom. The van der Waals surface area contributed by atoms with Crippen molar-refractivity contribution in [2.24, 2.45) is 0 Å². The van der Waals surface area contributed by atoms with E-state index in [-0.39, 0.29) is 0 Å². The molecule has 14 rings (SSSR count). The summed E-state index contributed by atoms with van der Waals surface area (Å²) >= 11 is 0. The summed E-state index contributed by atoms with van der Waals surface area (Å²) in [6, 6.07) is 94.3. The molecule has 0 radical (unpaired) electrons. The van der Waals surface area contributed by atoms with Gasteiger partial charge >= 0.3 is 0 Å². The Bertz CT molecular complexity index is 3870. The smallest absolute Gasteiger partial charge is 0.0726 e. The lowest BCUT2D eigenvalue weighted by Crippen LogP contribution is -2.26. The number of hydrogen-bond acceptors (Lipinski definition) is 1. The average molecular weight is 851 g/mol. The van der Waals surface area contributed by atoms with Crippen molar-refractivity contribution in [3.63, 3.8) is 0 Å². The summed E-state index contributed by atoms with van der Waals surface area (Å²) in [5, 5.41) is 4.95. The van der Waals surface area contributed by atoms with Crippen LogP contribution >= 0.6 is 0 Å². The molecule has 1 spiro atoms. The molecule has 1 aromatic heterocycles. The first-order valence-electron chi connectivity index (χ1n) is 23.2. The van der Waals surface area contributed by atoms with Gasteiger partial charge in [-0.05, 0) is 144 Å². The fraction of sp³-hybridized carbons (Fsp3) is 0.0154. The first-order valence-corrected chi connectivity index (χ1v) is 23.2. The third-order valence-corrected chi connectivity index (χ3v) is 14.6. The Kier molecular flexibility index (Phi) is 8.23. The van der Waals surface area contributed by atoms with Crippen molar-refractivity contribution in [3.8, 4) is 50.2 Å². The Balaban J connectivity index is 0.893. The van der Waals surface area contributed by atoms with Crippen molar-refractivity contribution in [1.29, 1.82) is 0 Å². The molecule has 2 aliphatic rings. The highest BCUT2D eigenvalue weighted by Crippen LogP contribution is 2.63. The summed E-state index contributed by atoms with van der Waals surface area (Å²) < 4.78 is 2.37. The van der Waals surface area contributed by atoms with Crippen molar-refractivity contribution in [2.45, 2.75) is 5.41 Å². The van der Waals surface area contributed by atoms with Gasteiger partial charge in [0.2, 0.25) is 0 Å². The van der Waals surface area contributed by atoms with E-state index < -0.39 is 5.41 Å². The second kappa shape index (κ2) is 14.7. The summed E-state index contributed by atoms with van der Waals surface area (Å²) in [7, 11) is 0. The van der Waals surface area contributed by atoms with Gasteiger partial charge in [0.15, 0.2) is 0 Å². The highest BCUT2D eigenvalue weighted by Gasteiger charge is 2.51. The van der Waals surface area contributed by atoms with Crippen LogP contribution in [0, 0.1) is 0 Å². The lowest BCUT2D eigenvalue weighted by Gasteiger charge is -2.32. The summed E-state index contributed by atoms with van der Waals surface area (Å²) in [4.78, 5) is 2.45. The SMILES string of the molecule is c1ccc(-n2c3ccccc3c3cc(-c4ccc(-c5cccc(N(c6ccc7c(c6)C6(c8ccccc8-c8ccccc86)c6ccccc6-7)c6ccc7ccccc7c6)c5)cc4)ccc32)cc1. The van der Waals surface area contributed by atoms with Gasteiger partial charge in [-0.1, -0.05) is 188 Å². The van der Waals surface area contributed by atoms with Crippen molar-refractivity contribution >= 4 is 49.6 Å². The highest BCUT2D eigenvalue weighted by atomic mass is 15.1. The molecule has 0 saturated heterocycles. The standard InChI is InChI=1S/C65H42N2/c1-2-18-49(19-3-1)67-63-28-13-9-24-57(63)58-41-48(34-38-64(58)67)45-31-29-44(30-32-45)47-17-14-20-50(39-47)66(51-35-33-43-15-4-5-16-46(43)40-51)52-36-37-56-55-23-8-12-27-61(55)65(62(56)42-52)59-25-10-6-21-53(59)54-22-7-11-26-60(54)65/h1-42H. The van der Waals surface area contributed by atoms with Crippen molar-refractivity contribution in [2.75, 3.05) is 4.90 Å². The molecular weight excluding hydrogens is 809 g/mol. The number of para-hydroxylation sites is 2. The van der Waals surface area contributed by atoms with Crippen molar-refractivity contribution in [1.82, 2.24) is 4.57 Å². The normalized spacial score (nSPS) is 12.9. The maximum atomic E-state index is 2.49. The van der Waals surface area contributed by atoms with Gasteiger partial charge in [-0.3, -0.25) is 0 Å². The third kappa shape index (κ3) is 5.57. The zero-order chi connectivity index (χ0) is 44.1. The van der Waals surface area contributed by atoms with Gasteiger partial charge in [0.25, 0.3) is 0 Å². The summed E-state index contributed by atoms with van der Waals surface area (Å²) in [6.07, 6.45) is 0. The molecule has 0 unspecified atom stereocenters. The molecule has 0 atom stereocenters. The van der Waals surface area contributed by atoms with Gasteiger partial charge in [0, 0.05) is 33.5 Å². The van der Waals surface area contributed by atoms with Gasteiger partial charge < -0.3 is 9.47 Å². The van der Waals surface area contributed by atoms with Gasteiger partial charge in [-0.25, -0.2) is 0 Å². The monoisotopic (exact) mass is 850 g/mol. The van der Waals surface area contributed by atoms with Gasteiger partial charge in [0.05, 0.1) is 16.4 Å². The third-order valence-electron chi connectivity index (χ3n) is 14.6. The van der Waals surface area contributed by atoms with Gasteiger partial charge in [-0.2, -0.15) is 0 Å². The second-order valence-electron chi connectivity index (χ2n) is 18.0. The summed E-state index contributed by atoms with van der Waals surface area (Å²) in [5.41, 5.74) is 21.8. The second-order valence-corrected chi connectivity index (χ2v) is 18.0. The number of nitrogens with zero attached hydrogens (tertiary/aromatic N) is 2. The Hall–Kier alpha value is -8.72. The number of rotatable bonds is 6. The Labute approximate surface area is 389 Å². The van der Waals surface area contributed by atoms with E-state index in [1.165, 1.54) is 105 Å². The van der Waals surface area contributed by atoms with Gasteiger partial charge in [-0.15, -0.1) is 0 Å². The van der Waals surface area contributed by atoms with E-state index in [9.17, 15) is 0 Å². The van der Waals surface area contributed by atoms with Crippen LogP contribution in [0.2, 0.25) is 0 Å². The van der Waals surface area contributed by atoms with Crippen LogP contribution in [0.15, 0.2) is 255 Å². The molecular formula is C65H42N2. The van der Waals surface area contributed by atoms with Crippen LogP contribution < -0.4 is 4.90 Å². The lowest BCUT2D eigenvalue weighted by molar-refractivity contribution is 0.793. The van der Waals surface area contributed by atoms with E-state index >= 15 is 0 Å². The van der Waals surface area contributed by atoms with E-state index in [0.29, 0.717) is 0 Å². The molecule has 0 saturated carbocycles. The molecule has 2 heteroatoms. The summed E-state index contributed by atoms with van der Waals surface area (Å²) in [5.74, 6) is 0.